The molecule has 0 bridgehead atoms. The Morgan fingerprint density at radius 1 is 1.20 bits per heavy atom. The Labute approximate surface area is 126 Å². The van der Waals surface area contributed by atoms with E-state index in [-0.39, 0.29) is 0 Å². The zero-order valence-corrected chi connectivity index (χ0v) is 13.4. The summed E-state index contributed by atoms with van der Waals surface area (Å²) >= 11 is 1.78. The highest BCUT2D eigenvalue weighted by molar-refractivity contribution is 7.09. The third-order valence-corrected chi connectivity index (χ3v) is 4.68. The van der Waals surface area contributed by atoms with Gasteiger partial charge in [0.05, 0.1) is 10.7 Å². The predicted octanol–water partition coefficient (Wildman–Crippen LogP) is 4.38. The molecule has 2 aromatic rings. The van der Waals surface area contributed by atoms with Gasteiger partial charge in [0, 0.05) is 23.4 Å². The highest BCUT2D eigenvalue weighted by atomic mass is 32.1. The molecule has 1 N–H and O–H groups in total. The molecule has 0 aliphatic rings. The molecule has 0 saturated carbocycles. The fourth-order valence-electron chi connectivity index (χ4n) is 2.36. The third-order valence-electron chi connectivity index (χ3n) is 3.81. The van der Waals surface area contributed by atoms with Gasteiger partial charge in [-0.15, -0.1) is 11.3 Å². The molecule has 0 spiro atoms. The molecule has 2 atom stereocenters. The number of benzene rings is 1. The minimum absolute atomic E-state index is 0.528. The lowest BCUT2D eigenvalue weighted by molar-refractivity contribution is 0.371. The zero-order valence-electron chi connectivity index (χ0n) is 12.6. The standard InChI is InChI=1S/C17H24N2S/c1-4-13(3)15(18-5-2)11-17-19-16(12-20-17)14-9-7-6-8-10-14/h6-10,12-13,15,18H,4-5,11H2,1-3H3. The number of hydrogen-bond donors (Lipinski definition) is 1. The van der Waals surface area contributed by atoms with Crippen LogP contribution in [-0.4, -0.2) is 17.6 Å². The molecular formula is C17H24N2S. The third kappa shape index (κ3) is 3.90. The number of nitrogens with one attached hydrogen (secondary N) is 1. The van der Waals surface area contributed by atoms with Crippen LogP contribution in [0, 0.1) is 5.92 Å². The lowest BCUT2D eigenvalue weighted by atomic mass is 9.96. The first-order valence-corrected chi connectivity index (χ1v) is 8.35. The number of rotatable bonds is 7. The fourth-order valence-corrected chi connectivity index (χ4v) is 3.22. The lowest BCUT2D eigenvalue weighted by Gasteiger charge is -2.22. The van der Waals surface area contributed by atoms with Crippen molar-refractivity contribution in [3.63, 3.8) is 0 Å². The van der Waals surface area contributed by atoms with Gasteiger partial charge in [-0.2, -0.15) is 0 Å². The molecule has 1 aromatic carbocycles. The number of hydrogen-bond acceptors (Lipinski definition) is 3. The molecule has 0 fully saturated rings. The van der Waals surface area contributed by atoms with Gasteiger partial charge in [-0.3, -0.25) is 0 Å². The summed E-state index contributed by atoms with van der Waals surface area (Å²) in [6.45, 7) is 7.77. The van der Waals surface area contributed by atoms with E-state index in [1.165, 1.54) is 17.0 Å². The summed E-state index contributed by atoms with van der Waals surface area (Å²) in [7, 11) is 0. The van der Waals surface area contributed by atoms with E-state index in [1.807, 2.05) is 6.07 Å². The minimum atomic E-state index is 0.528. The van der Waals surface area contributed by atoms with E-state index < -0.39 is 0 Å². The summed E-state index contributed by atoms with van der Waals surface area (Å²) in [5, 5.41) is 7.00. The van der Waals surface area contributed by atoms with Gasteiger partial charge in [0.2, 0.25) is 0 Å². The Kier molecular flexibility index (Phi) is 5.74. The normalized spacial score (nSPS) is 14.2. The van der Waals surface area contributed by atoms with Crippen molar-refractivity contribution >= 4 is 11.3 Å². The van der Waals surface area contributed by atoms with Gasteiger partial charge in [0.1, 0.15) is 0 Å². The van der Waals surface area contributed by atoms with Crippen molar-refractivity contribution in [3.05, 3.63) is 40.7 Å². The van der Waals surface area contributed by atoms with Crippen LogP contribution in [0.5, 0.6) is 0 Å². The van der Waals surface area contributed by atoms with Crippen molar-refractivity contribution < 1.29 is 0 Å². The van der Waals surface area contributed by atoms with E-state index in [0.717, 1.165) is 18.7 Å². The van der Waals surface area contributed by atoms with Crippen LogP contribution in [0.1, 0.15) is 32.2 Å². The Morgan fingerprint density at radius 2 is 1.95 bits per heavy atom. The second-order valence-electron chi connectivity index (χ2n) is 5.25. The van der Waals surface area contributed by atoms with Crippen molar-refractivity contribution in [2.45, 2.75) is 39.7 Å². The summed E-state index contributed by atoms with van der Waals surface area (Å²) in [6.07, 6.45) is 2.23. The molecule has 0 aliphatic carbocycles. The Morgan fingerprint density at radius 3 is 2.60 bits per heavy atom. The van der Waals surface area contributed by atoms with Crippen molar-refractivity contribution in [1.29, 1.82) is 0 Å². The summed E-state index contributed by atoms with van der Waals surface area (Å²) in [5.74, 6) is 0.680. The number of aromatic nitrogens is 1. The number of likely N-dealkylation sites (N-methyl/N-ethyl adjacent to an activating group) is 1. The van der Waals surface area contributed by atoms with E-state index in [9.17, 15) is 0 Å². The molecule has 0 aliphatic heterocycles. The van der Waals surface area contributed by atoms with Crippen LogP contribution in [0.4, 0.5) is 0 Å². The van der Waals surface area contributed by atoms with Gasteiger partial charge < -0.3 is 5.32 Å². The van der Waals surface area contributed by atoms with Crippen molar-refractivity contribution in [2.24, 2.45) is 5.92 Å². The summed E-state index contributed by atoms with van der Waals surface area (Å²) in [6, 6.07) is 10.9. The molecular weight excluding hydrogens is 264 g/mol. The molecule has 1 heterocycles. The van der Waals surface area contributed by atoms with E-state index in [4.69, 9.17) is 4.98 Å². The topological polar surface area (TPSA) is 24.9 Å². The van der Waals surface area contributed by atoms with Crippen LogP contribution >= 0.6 is 11.3 Å². The first-order valence-electron chi connectivity index (χ1n) is 7.47. The van der Waals surface area contributed by atoms with E-state index >= 15 is 0 Å². The Balaban J connectivity index is 2.08. The SMILES string of the molecule is CCNC(Cc1nc(-c2ccccc2)cs1)C(C)CC. The fraction of sp³-hybridized carbons (Fsp3) is 0.471. The van der Waals surface area contributed by atoms with Crippen molar-refractivity contribution in [1.82, 2.24) is 10.3 Å². The highest BCUT2D eigenvalue weighted by Gasteiger charge is 2.17. The van der Waals surface area contributed by atoms with Gasteiger partial charge in [-0.1, -0.05) is 57.5 Å². The molecule has 108 valence electrons. The molecule has 2 nitrogen and oxygen atoms in total. The van der Waals surface area contributed by atoms with E-state index in [1.54, 1.807) is 11.3 Å². The van der Waals surface area contributed by atoms with Crippen molar-refractivity contribution in [2.75, 3.05) is 6.54 Å². The monoisotopic (exact) mass is 288 g/mol. The van der Waals surface area contributed by atoms with Crippen molar-refractivity contribution in [3.8, 4) is 11.3 Å². The van der Waals surface area contributed by atoms with Crippen LogP contribution in [-0.2, 0) is 6.42 Å². The number of thiazole rings is 1. The summed E-state index contributed by atoms with van der Waals surface area (Å²) < 4.78 is 0. The molecule has 0 amide bonds. The quantitative estimate of drug-likeness (QED) is 0.818. The average Bonchev–Trinajstić information content (AvgIpc) is 2.95. The largest absolute Gasteiger partial charge is 0.314 e. The lowest BCUT2D eigenvalue weighted by Crippen LogP contribution is -2.36. The molecule has 0 saturated heterocycles. The average molecular weight is 288 g/mol. The van der Waals surface area contributed by atoms with Crippen LogP contribution in [0.2, 0.25) is 0 Å². The van der Waals surface area contributed by atoms with Crippen LogP contribution in [0.25, 0.3) is 11.3 Å². The molecule has 20 heavy (non-hydrogen) atoms. The second-order valence-corrected chi connectivity index (χ2v) is 6.19. The Bertz CT molecular complexity index is 507. The van der Waals surface area contributed by atoms with Gasteiger partial charge in [0.15, 0.2) is 0 Å². The maximum atomic E-state index is 4.80. The maximum Gasteiger partial charge on any atom is 0.0948 e. The molecule has 1 aromatic heterocycles. The highest BCUT2D eigenvalue weighted by Crippen LogP contribution is 2.23. The van der Waals surface area contributed by atoms with Gasteiger partial charge in [-0.25, -0.2) is 4.98 Å². The second kappa shape index (κ2) is 7.55. The van der Waals surface area contributed by atoms with E-state index in [2.05, 4.69) is 55.7 Å². The van der Waals surface area contributed by atoms with Gasteiger partial charge >= 0.3 is 0 Å². The molecule has 3 heteroatoms. The summed E-state index contributed by atoms with van der Waals surface area (Å²) in [5.41, 5.74) is 2.31. The Hall–Kier alpha value is -1.19. The van der Waals surface area contributed by atoms with Crippen LogP contribution in [0.15, 0.2) is 35.7 Å². The minimum Gasteiger partial charge on any atom is -0.314 e. The van der Waals surface area contributed by atoms with Crippen LogP contribution in [0.3, 0.4) is 0 Å². The molecule has 2 unspecified atom stereocenters. The first kappa shape index (κ1) is 15.2. The predicted molar refractivity (Wildman–Crippen MR) is 88.2 cm³/mol. The van der Waals surface area contributed by atoms with Crippen LogP contribution < -0.4 is 5.32 Å². The smallest absolute Gasteiger partial charge is 0.0948 e. The van der Waals surface area contributed by atoms with Gasteiger partial charge in [0.25, 0.3) is 0 Å². The maximum absolute atomic E-state index is 4.80. The zero-order chi connectivity index (χ0) is 14.4. The molecule has 0 radical (unpaired) electrons. The molecule has 2 rings (SSSR count). The first-order chi connectivity index (χ1) is 9.74. The summed E-state index contributed by atoms with van der Waals surface area (Å²) in [4.78, 5) is 4.80. The van der Waals surface area contributed by atoms with E-state index in [0.29, 0.717) is 12.0 Å². The number of nitrogens with zero attached hydrogens (tertiary/aromatic N) is 1. The van der Waals surface area contributed by atoms with Gasteiger partial charge in [-0.05, 0) is 12.5 Å².